The van der Waals surface area contributed by atoms with Crippen LogP contribution in [0.2, 0.25) is 0 Å². The lowest BCUT2D eigenvalue weighted by Crippen LogP contribution is -2.47. The van der Waals surface area contributed by atoms with E-state index in [1.165, 1.54) is 77.5 Å². The topological polar surface area (TPSA) is 89.0 Å². The van der Waals surface area contributed by atoms with E-state index in [-0.39, 0.29) is 0 Å². The van der Waals surface area contributed by atoms with E-state index in [2.05, 4.69) is 53.5 Å². The number of likely N-dealkylation sites (tertiary alicyclic amines) is 2. The van der Waals surface area contributed by atoms with Crippen molar-refractivity contribution in [3.63, 3.8) is 0 Å². The highest BCUT2D eigenvalue weighted by Crippen LogP contribution is 2.31. The molecule has 2 saturated heterocycles. The molecule has 0 bridgehead atoms. The maximum Gasteiger partial charge on any atom is 0.151 e. The van der Waals surface area contributed by atoms with Crippen molar-refractivity contribution < 1.29 is 0 Å². The lowest BCUT2D eigenvalue weighted by atomic mass is 9.92. The van der Waals surface area contributed by atoms with Gasteiger partial charge in [0.15, 0.2) is 5.82 Å². The Hall–Kier alpha value is -2.58. The normalized spacial score (nSPS) is 18.3. The molecule has 0 spiro atoms. The van der Waals surface area contributed by atoms with Crippen LogP contribution in [0, 0.1) is 11.8 Å². The van der Waals surface area contributed by atoms with Crippen molar-refractivity contribution in [2.75, 3.05) is 39.0 Å². The number of rotatable bonds is 11. The maximum absolute atomic E-state index is 6.33. The summed E-state index contributed by atoms with van der Waals surface area (Å²) in [6.07, 6.45) is 17.8. The predicted molar refractivity (Wildman–Crippen MR) is 164 cm³/mol. The number of aromatic nitrogens is 5. The van der Waals surface area contributed by atoms with Crippen molar-refractivity contribution in [2.45, 2.75) is 97.6 Å². The van der Waals surface area contributed by atoms with Crippen molar-refractivity contribution in [1.82, 2.24) is 34.5 Å². The SMILES string of the molecule is CCCC(CCC)Cc1nc2c(-c3cnn(CC4CCN(C5CCN(C)CC5)CC4)c3)cnc(N)c2nc1CC. The molecule has 0 radical (unpaired) electrons. The number of nitrogens with two attached hydrogens (primary N) is 1. The maximum atomic E-state index is 6.33. The first-order valence-corrected chi connectivity index (χ1v) is 15.9. The fraction of sp³-hybridized carbons (Fsp3) is 0.688. The van der Waals surface area contributed by atoms with Gasteiger partial charge in [-0.15, -0.1) is 0 Å². The Labute approximate surface area is 240 Å². The lowest BCUT2D eigenvalue weighted by Gasteiger charge is -2.41. The third-order valence-corrected chi connectivity index (χ3v) is 9.34. The van der Waals surface area contributed by atoms with E-state index >= 15 is 0 Å². The molecule has 40 heavy (non-hydrogen) atoms. The second-order valence-electron chi connectivity index (χ2n) is 12.3. The van der Waals surface area contributed by atoms with Crippen molar-refractivity contribution in [3.8, 4) is 11.1 Å². The second kappa shape index (κ2) is 13.4. The van der Waals surface area contributed by atoms with Gasteiger partial charge in [-0.25, -0.2) is 15.0 Å². The molecule has 2 fully saturated rings. The molecule has 218 valence electrons. The van der Waals surface area contributed by atoms with Gasteiger partial charge in [0.1, 0.15) is 11.0 Å². The summed E-state index contributed by atoms with van der Waals surface area (Å²) in [5, 5.41) is 4.78. The molecule has 8 heteroatoms. The Morgan fingerprint density at radius 3 is 2.27 bits per heavy atom. The van der Waals surface area contributed by atoms with Crippen molar-refractivity contribution in [1.29, 1.82) is 0 Å². The Morgan fingerprint density at radius 1 is 0.900 bits per heavy atom. The predicted octanol–water partition coefficient (Wildman–Crippen LogP) is 5.60. The number of aryl methyl sites for hydroxylation is 1. The zero-order valence-electron chi connectivity index (χ0n) is 25.3. The largest absolute Gasteiger partial charge is 0.382 e. The number of pyridine rings is 1. The average molecular weight is 547 g/mol. The molecule has 5 rings (SSSR count). The van der Waals surface area contributed by atoms with Crippen LogP contribution in [-0.4, -0.2) is 73.8 Å². The molecular weight excluding hydrogens is 496 g/mol. The minimum atomic E-state index is 0.454. The fourth-order valence-corrected chi connectivity index (χ4v) is 6.95. The van der Waals surface area contributed by atoms with Gasteiger partial charge in [0.05, 0.1) is 17.6 Å². The molecule has 0 saturated carbocycles. The van der Waals surface area contributed by atoms with Gasteiger partial charge >= 0.3 is 0 Å². The van der Waals surface area contributed by atoms with Gasteiger partial charge in [-0.1, -0.05) is 46.5 Å². The summed E-state index contributed by atoms with van der Waals surface area (Å²) in [4.78, 5) is 20.0. The van der Waals surface area contributed by atoms with Gasteiger partial charge in [0, 0.05) is 36.1 Å². The summed E-state index contributed by atoms with van der Waals surface area (Å²) in [6, 6.07) is 0.776. The highest BCUT2D eigenvalue weighted by molar-refractivity contribution is 5.95. The first kappa shape index (κ1) is 28.9. The van der Waals surface area contributed by atoms with Gasteiger partial charge in [-0.3, -0.25) is 4.68 Å². The minimum Gasteiger partial charge on any atom is -0.382 e. The van der Waals surface area contributed by atoms with Gasteiger partial charge < -0.3 is 15.5 Å². The zero-order chi connectivity index (χ0) is 28.1. The Bertz CT molecular complexity index is 1230. The number of nitrogen functional groups attached to an aromatic ring is 1. The number of piperidine rings is 2. The quantitative estimate of drug-likeness (QED) is 0.335. The summed E-state index contributed by atoms with van der Waals surface area (Å²) in [7, 11) is 2.24. The summed E-state index contributed by atoms with van der Waals surface area (Å²) in [5.41, 5.74) is 12.1. The molecule has 0 atom stereocenters. The molecule has 5 heterocycles. The summed E-state index contributed by atoms with van der Waals surface area (Å²) >= 11 is 0. The monoisotopic (exact) mass is 546 g/mol. The number of anilines is 1. The van der Waals surface area contributed by atoms with Crippen molar-refractivity contribution >= 4 is 16.9 Å². The number of hydrogen-bond acceptors (Lipinski definition) is 7. The highest BCUT2D eigenvalue weighted by Gasteiger charge is 2.28. The van der Waals surface area contributed by atoms with Crippen molar-refractivity contribution in [2.24, 2.45) is 11.8 Å². The van der Waals surface area contributed by atoms with E-state index in [1.54, 1.807) is 0 Å². The van der Waals surface area contributed by atoms with Crippen LogP contribution in [0.3, 0.4) is 0 Å². The molecule has 2 N–H and O–H groups in total. The van der Waals surface area contributed by atoms with E-state index < -0.39 is 0 Å². The molecule has 3 aromatic heterocycles. The molecular formula is C32H50N8. The molecule has 3 aromatic rings. The van der Waals surface area contributed by atoms with Gasteiger partial charge in [-0.2, -0.15) is 5.10 Å². The third kappa shape index (κ3) is 6.65. The Kier molecular flexibility index (Phi) is 9.68. The zero-order valence-corrected chi connectivity index (χ0v) is 25.3. The van der Waals surface area contributed by atoms with E-state index in [0.717, 1.165) is 59.0 Å². The fourth-order valence-electron chi connectivity index (χ4n) is 6.95. The molecule has 0 aromatic carbocycles. The number of fused-ring (bicyclic) bond motifs is 1. The number of hydrogen-bond donors (Lipinski definition) is 1. The van der Waals surface area contributed by atoms with Crippen LogP contribution < -0.4 is 5.73 Å². The van der Waals surface area contributed by atoms with Crippen LogP contribution in [0.1, 0.15) is 83.5 Å². The van der Waals surface area contributed by atoms with Crippen molar-refractivity contribution in [3.05, 3.63) is 30.0 Å². The van der Waals surface area contributed by atoms with E-state index in [1.807, 2.05) is 12.4 Å². The van der Waals surface area contributed by atoms with Crippen LogP contribution in [0.15, 0.2) is 18.6 Å². The van der Waals surface area contributed by atoms with Crippen LogP contribution >= 0.6 is 0 Å². The minimum absolute atomic E-state index is 0.454. The van der Waals surface area contributed by atoms with E-state index in [9.17, 15) is 0 Å². The van der Waals surface area contributed by atoms with Gasteiger partial charge in [0.25, 0.3) is 0 Å². The van der Waals surface area contributed by atoms with Crippen LogP contribution in [0.4, 0.5) is 5.82 Å². The lowest BCUT2D eigenvalue weighted by molar-refractivity contribution is 0.0812. The average Bonchev–Trinajstić information content (AvgIpc) is 3.42. The van der Waals surface area contributed by atoms with Gasteiger partial charge in [-0.05, 0) is 83.6 Å². The van der Waals surface area contributed by atoms with E-state index in [0.29, 0.717) is 17.7 Å². The molecule has 2 aliphatic heterocycles. The number of nitrogens with zero attached hydrogens (tertiary/aromatic N) is 7. The van der Waals surface area contributed by atoms with Crippen LogP contribution in [0.5, 0.6) is 0 Å². The molecule has 0 unspecified atom stereocenters. The third-order valence-electron chi connectivity index (χ3n) is 9.34. The first-order valence-electron chi connectivity index (χ1n) is 15.9. The van der Waals surface area contributed by atoms with Gasteiger partial charge in [0.2, 0.25) is 0 Å². The summed E-state index contributed by atoms with van der Waals surface area (Å²) in [5.74, 6) is 1.77. The summed E-state index contributed by atoms with van der Waals surface area (Å²) in [6.45, 7) is 12.6. The smallest absolute Gasteiger partial charge is 0.151 e. The standard InChI is InChI=1S/C32H50N8/c1-5-8-23(9-6-2)18-29-28(7-3)36-31-30(37-29)27(20-34-32(31)33)25-19-35-40(22-25)21-24-10-16-39(17-11-24)26-12-14-38(4)15-13-26/h19-20,22-24,26H,5-18,21H2,1-4H3,(H2,33,34). The molecule has 0 aliphatic carbocycles. The molecule has 2 aliphatic rings. The van der Waals surface area contributed by atoms with E-state index in [4.69, 9.17) is 20.8 Å². The second-order valence-corrected chi connectivity index (χ2v) is 12.3. The highest BCUT2D eigenvalue weighted by atomic mass is 15.3. The van der Waals surface area contributed by atoms with Crippen LogP contribution in [-0.2, 0) is 19.4 Å². The van der Waals surface area contributed by atoms with Crippen LogP contribution in [0.25, 0.3) is 22.2 Å². The molecule has 8 nitrogen and oxygen atoms in total. The first-order chi connectivity index (χ1) is 19.5. The molecule has 0 amide bonds. The Morgan fingerprint density at radius 2 is 1.60 bits per heavy atom. The Balaban J connectivity index is 1.32. The summed E-state index contributed by atoms with van der Waals surface area (Å²) < 4.78 is 2.13.